The van der Waals surface area contributed by atoms with Gasteiger partial charge in [0.2, 0.25) is 0 Å². The maximum Gasteiger partial charge on any atom is 0.416 e. The van der Waals surface area contributed by atoms with E-state index < -0.39 is 11.7 Å². The van der Waals surface area contributed by atoms with Crippen LogP contribution in [0.5, 0.6) is 0 Å². The van der Waals surface area contributed by atoms with Crippen molar-refractivity contribution in [3.05, 3.63) is 49.8 Å². The number of azide groups is 1. The maximum atomic E-state index is 12.4. The molecule has 0 amide bonds. The van der Waals surface area contributed by atoms with E-state index in [1.54, 1.807) is 0 Å². The highest BCUT2D eigenvalue weighted by Crippen LogP contribution is 2.36. The highest BCUT2D eigenvalue weighted by Gasteiger charge is 2.31. The predicted octanol–water partition coefficient (Wildman–Crippen LogP) is 5.34. The van der Waals surface area contributed by atoms with Crippen molar-refractivity contribution >= 4 is 29.3 Å². The van der Waals surface area contributed by atoms with Crippen LogP contribution in [0.3, 0.4) is 0 Å². The normalized spacial score (nSPS) is 11.6. The minimum absolute atomic E-state index is 0.0597. The van der Waals surface area contributed by atoms with Crippen molar-refractivity contribution in [3.8, 4) is 0 Å². The van der Waals surface area contributed by atoms with E-state index in [-0.39, 0.29) is 22.2 Å². The molecule has 0 saturated carbocycles. The third kappa shape index (κ3) is 3.84. The van der Waals surface area contributed by atoms with E-state index in [1.807, 2.05) is 0 Å². The summed E-state index contributed by atoms with van der Waals surface area (Å²) in [6, 6.07) is 1.58. The highest BCUT2D eigenvalue weighted by atomic mass is 35.5. The van der Waals surface area contributed by atoms with Crippen LogP contribution in [-0.4, -0.2) is 6.54 Å². The molecule has 18 heavy (non-hydrogen) atoms. The van der Waals surface area contributed by atoms with Gasteiger partial charge in [-0.15, -0.1) is 0 Å². The summed E-state index contributed by atoms with van der Waals surface area (Å²) in [5, 5.41) is 2.99. The molecule has 0 unspecified atom stereocenters. The molecule has 0 aliphatic heterocycles. The largest absolute Gasteiger partial charge is 0.416 e. The molecule has 8 heteroatoms. The third-order valence-corrected chi connectivity index (χ3v) is 2.57. The van der Waals surface area contributed by atoms with Crippen LogP contribution in [0.1, 0.15) is 11.1 Å². The van der Waals surface area contributed by atoms with Gasteiger partial charge in [-0.2, -0.15) is 13.2 Å². The van der Waals surface area contributed by atoms with Crippen LogP contribution in [-0.2, 0) is 6.18 Å². The van der Waals surface area contributed by atoms with Crippen LogP contribution in [0.15, 0.2) is 23.3 Å². The Morgan fingerprint density at radius 1 is 1.28 bits per heavy atom. The summed E-state index contributed by atoms with van der Waals surface area (Å²) in [5.74, 6) is 0. The molecule has 0 spiro atoms. The summed E-state index contributed by atoms with van der Waals surface area (Å²) in [6.45, 7) is 0.0597. The molecular weight excluding hydrogens is 290 g/mol. The van der Waals surface area contributed by atoms with Gasteiger partial charge in [-0.3, -0.25) is 0 Å². The number of hydrogen-bond acceptors (Lipinski definition) is 1. The second-order valence-corrected chi connectivity index (χ2v) is 3.98. The average Bonchev–Trinajstić information content (AvgIpc) is 2.25. The Morgan fingerprint density at radius 2 is 1.83 bits per heavy atom. The van der Waals surface area contributed by atoms with Crippen molar-refractivity contribution in [2.75, 3.05) is 6.54 Å². The van der Waals surface area contributed by atoms with E-state index in [0.717, 1.165) is 12.1 Å². The Kier molecular flexibility index (Phi) is 4.90. The van der Waals surface area contributed by atoms with Gasteiger partial charge in [-0.05, 0) is 17.7 Å². The second-order valence-electron chi connectivity index (χ2n) is 3.17. The summed E-state index contributed by atoms with van der Waals surface area (Å²) in [5.41, 5.74) is 7.38. The highest BCUT2D eigenvalue weighted by molar-refractivity contribution is 6.37. The van der Waals surface area contributed by atoms with Gasteiger partial charge in [0.25, 0.3) is 0 Å². The van der Waals surface area contributed by atoms with E-state index in [0.29, 0.717) is 0 Å². The van der Waals surface area contributed by atoms with Gasteiger partial charge in [0.15, 0.2) is 0 Å². The van der Waals surface area contributed by atoms with E-state index in [1.165, 1.54) is 12.2 Å². The lowest BCUT2D eigenvalue weighted by molar-refractivity contribution is -0.137. The molecule has 0 saturated heterocycles. The average molecular weight is 296 g/mol. The van der Waals surface area contributed by atoms with Crippen LogP contribution in [0.25, 0.3) is 16.5 Å². The van der Waals surface area contributed by atoms with Crippen molar-refractivity contribution in [3.63, 3.8) is 0 Å². The van der Waals surface area contributed by atoms with Crippen LogP contribution >= 0.6 is 23.2 Å². The number of hydrogen-bond donors (Lipinski definition) is 0. The molecule has 1 aromatic rings. The summed E-state index contributed by atoms with van der Waals surface area (Å²) in [6.07, 6.45) is -1.65. The van der Waals surface area contributed by atoms with Crippen molar-refractivity contribution in [1.82, 2.24) is 0 Å². The zero-order chi connectivity index (χ0) is 13.8. The molecule has 0 aliphatic carbocycles. The van der Waals surface area contributed by atoms with Crippen LogP contribution < -0.4 is 0 Å². The van der Waals surface area contributed by atoms with E-state index in [4.69, 9.17) is 28.7 Å². The molecule has 1 rings (SSSR count). The van der Waals surface area contributed by atoms with Crippen molar-refractivity contribution in [2.45, 2.75) is 6.18 Å². The summed E-state index contributed by atoms with van der Waals surface area (Å²) < 4.78 is 37.3. The first-order chi connectivity index (χ1) is 8.36. The molecule has 0 bridgehead atoms. The molecule has 0 N–H and O–H groups in total. The number of benzene rings is 1. The monoisotopic (exact) mass is 295 g/mol. The molecule has 0 heterocycles. The van der Waals surface area contributed by atoms with E-state index >= 15 is 0 Å². The fourth-order valence-electron chi connectivity index (χ4n) is 1.16. The number of halogens is 5. The second kappa shape index (κ2) is 6.00. The number of alkyl halides is 3. The lowest BCUT2D eigenvalue weighted by atomic mass is 10.1. The minimum Gasteiger partial charge on any atom is -0.166 e. The molecule has 0 atom stereocenters. The zero-order valence-electron chi connectivity index (χ0n) is 8.75. The molecular formula is C10H6Cl2F3N3. The van der Waals surface area contributed by atoms with Gasteiger partial charge < -0.3 is 0 Å². The van der Waals surface area contributed by atoms with E-state index in [2.05, 4.69) is 10.0 Å². The van der Waals surface area contributed by atoms with Crippen molar-refractivity contribution in [2.24, 2.45) is 5.11 Å². The number of nitrogens with zero attached hydrogens (tertiary/aromatic N) is 3. The standard InChI is InChI=1S/C10H6Cl2F3N3/c11-8-4-6(10(13,14)15)5-9(12)7(8)2-1-3-17-18-16/h1-2,4-5H,3H2. The lowest BCUT2D eigenvalue weighted by Gasteiger charge is -2.10. The Balaban J connectivity index is 3.09. The Bertz CT molecular complexity index is 497. The quantitative estimate of drug-likeness (QED) is 0.411. The predicted molar refractivity (Wildman–Crippen MR) is 64.5 cm³/mol. The Labute approximate surface area is 110 Å². The molecule has 3 nitrogen and oxygen atoms in total. The molecule has 96 valence electrons. The first kappa shape index (κ1) is 14.7. The van der Waals surface area contributed by atoms with Crippen LogP contribution in [0.4, 0.5) is 13.2 Å². The van der Waals surface area contributed by atoms with Gasteiger partial charge in [-0.25, -0.2) is 0 Å². The minimum atomic E-state index is -4.50. The SMILES string of the molecule is [N-]=[N+]=NCC=Cc1c(Cl)cc(C(F)(F)F)cc1Cl. The van der Waals surface area contributed by atoms with Crippen LogP contribution in [0, 0.1) is 0 Å². The Morgan fingerprint density at radius 3 is 2.28 bits per heavy atom. The fourth-order valence-corrected chi connectivity index (χ4v) is 1.77. The van der Waals surface area contributed by atoms with Gasteiger partial charge >= 0.3 is 6.18 Å². The van der Waals surface area contributed by atoms with Gasteiger partial charge in [0.05, 0.1) is 5.56 Å². The first-order valence-electron chi connectivity index (χ1n) is 4.60. The van der Waals surface area contributed by atoms with E-state index in [9.17, 15) is 13.2 Å². The van der Waals surface area contributed by atoms with Crippen molar-refractivity contribution < 1.29 is 13.2 Å². The molecule has 0 radical (unpaired) electrons. The zero-order valence-corrected chi connectivity index (χ0v) is 10.3. The Hall–Kier alpha value is -1.36. The molecule has 0 aromatic heterocycles. The summed E-state index contributed by atoms with van der Waals surface area (Å²) >= 11 is 11.4. The van der Waals surface area contributed by atoms with Crippen molar-refractivity contribution in [1.29, 1.82) is 0 Å². The number of rotatable bonds is 3. The molecule has 1 aromatic carbocycles. The fraction of sp³-hybridized carbons (Fsp3) is 0.200. The first-order valence-corrected chi connectivity index (χ1v) is 5.35. The van der Waals surface area contributed by atoms with Gasteiger partial charge in [0.1, 0.15) is 0 Å². The maximum absolute atomic E-state index is 12.4. The summed E-state index contributed by atoms with van der Waals surface area (Å²) in [4.78, 5) is 2.52. The molecule has 0 fully saturated rings. The summed E-state index contributed by atoms with van der Waals surface area (Å²) in [7, 11) is 0. The topological polar surface area (TPSA) is 48.8 Å². The third-order valence-electron chi connectivity index (χ3n) is 1.94. The smallest absolute Gasteiger partial charge is 0.166 e. The molecule has 0 aliphatic rings. The lowest BCUT2D eigenvalue weighted by Crippen LogP contribution is -2.05. The van der Waals surface area contributed by atoms with Crippen LogP contribution in [0.2, 0.25) is 10.0 Å². The van der Waals surface area contributed by atoms with Gasteiger partial charge in [0, 0.05) is 27.1 Å². The van der Waals surface area contributed by atoms with Gasteiger partial charge in [-0.1, -0.05) is 40.5 Å².